The van der Waals surface area contributed by atoms with E-state index in [1.54, 1.807) is 0 Å². The third kappa shape index (κ3) is 0.877. The molecule has 3 nitrogen and oxygen atoms in total. The molecule has 0 spiro atoms. The number of nitrogens with one attached hydrogen (secondary N) is 1. The molecule has 0 aromatic rings. The summed E-state index contributed by atoms with van der Waals surface area (Å²) in [5, 5.41) is 11.2. The highest BCUT2D eigenvalue weighted by atomic mass is 16.3. The van der Waals surface area contributed by atoms with E-state index in [1.165, 1.54) is 0 Å². The van der Waals surface area contributed by atoms with Crippen molar-refractivity contribution in [1.82, 2.24) is 5.32 Å². The number of hydrogen-bond donors (Lipinski definition) is 2. The van der Waals surface area contributed by atoms with Crippen molar-refractivity contribution >= 4 is 5.78 Å². The minimum absolute atomic E-state index is 0.0417. The van der Waals surface area contributed by atoms with Gasteiger partial charge in [-0.25, -0.2) is 0 Å². The first-order valence-corrected chi connectivity index (χ1v) is 2.71. The van der Waals surface area contributed by atoms with Gasteiger partial charge in [0.25, 0.3) is 0 Å². The highest BCUT2D eigenvalue weighted by Crippen LogP contribution is 2.01. The van der Waals surface area contributed by atoms with E-state index >= 15 is 0 Å². The molecule has 2 N–H and O–H groups in total. The van der Waals surface area contributed by atoms with E-state index in [0.29, 0.717) is 0 Å². The lowest BCUT2D eigenvalue weighted by Crippen LogP contribution is -2.49. The van der Waals surface area contributed by atoms with Gasteiger partial charge in [-0.1, -0.05) is 0 Å². The van der Waals surface area contributed by atoms with Gasteiger partial charge in [0, 0.05) is 0 Å². The van der Waals surface area contributed by atoms with Crippen molar-refractivity contribution in [2.45, 2.75) is 12.5 Å². The first-order valence-electron chi connectivity index (χ1n) is 2.71. The Hall–Kier alpha value is -0.410. The Morgan fingerprint density at radius 2 is 2.50 bits per heavy atom. The van der Waals surface area contributed by atoms with Gasteiger partial charge in [0.1, 0.15) is 6.61 Å². The maximum absolute atomic E-state index is 10.5. The van der Waals surface area contributed by atoms with E-state index < -0.39 is 0 Å². The molecule has 8 heavy (non-hydrogen) atoms. The largest absolute Gasteiger partial charge is 0.389 e. The summed E-state index contributed by atoms with van der Waals surface area (Å²) >= 11 is 0. The molecular formula is C5H9NO2. The van der Waals surface area contributed by atoms with Gasteiger partial charge >= 0.3 is 0 Å². The van der Waals surface area contributed by atoms with Gasteiger partial charge in [-0.05, 0) is 13.0 Å². The van der Waals surface area contributed by atoms with Crippen molar-refractivity contribution in [3.63, 3.8) is 0 Å². The lowest BCUT2D eigenvalue weighted by atomic mass is 10.0. The van der Waals surface area contributed by atoms with Crippen LogP contribution in [-0.4, -0.2) is 30.1 Å². The quantitative estimate of drug-likeness (QED) is 0.480. The summed E-state index contributed by atoms with van der Waals surface area (Å²) in [7, 11) is 0. The van der Waals surface area contributed by atoms with E-state index in [9.17, 15) is 4.79 Å². The number of aliphatic hydroxyl groups excluding tert-OH is 1. The summed E-state index contributed by atoms with van der Waals surface area (Å²) in [5.74, 6) is -0.0868. The van der Waals surface area contributed by atoms with E-state index in [4.69, 9.17) is 5.11 Å². The van der Waals surface area contributed by atoms with Gasteiger partial charge in [0.05, 0.1) is 6.04 Å². The van der Waals surface area contributed by atoms with Crippen LogP contribution in [-0.2, 0) is 4.79 Å². The lowest BCUT2D eigenvalue weighted by molar-refractivity contribution is -0.125. The summed E-state index contributed by atoms with van der Waals surface area (Å²) in [4.78, 5) is 10.5. The van der Waals surface area contributed by atoms with Crippen LogP contribution >= 0.6 is 0 Å². The van der Waals surface area contributed by atoms with Crippen LogP contribution in [0.3, 0.4) is 0 Å². The molecule has 1 rings (SSSR count). The zero-order chi connectivity index (χ0) is 5.98. The van der Waals surface area contributed by atoms with Crippen LogP contribution in [0.5, 0.6) is 0 Å². The second kappa shape index (κ2) is 2.24. The minimum Gasteiger partial charge on any atom is -0.389 e. The fourth-order valence-corrected chi connectivity index (χ4v) is 0.674. The Labute approximate surface area is 47.7 Å². The van der Waals surface area contributed by atoms with Crippen molar-refractivity contribution in [3.05, 3.63) is 0 Å². The van der Waals surface area contributed by atoms with Gasteiger partial charge in [0.15, 0.2) is 5.78 Å². The molecular weight excluding hydrogens is 106 g/mol. The Morgan fingerprint density at radius 1 is 1.88 bits per heavy atom. The van der Waals surface area contributed by atoms with Crippen LogP contribution in [0.4, 0.5) is 0 Å². The first-order chi connectivity index (χ1) is 3.84. The second-order valence-corrected chi connectivity index (χ2v) is 1.92. The maximum atomic E-state index is 10.5. The van der Waals surface area contributed by atoms with Crippen LogP contribution in [0.15, 0.2) is 0 Å². The monoisotopic (exact) mass is 115 g/mol. The zero-order valence-electron chi connectivity index (χ0n) is 4.55. The highest BCUT2D eigenvalue weighted by molar-refractivity contribution is 5.85. The predicted octanol–water partition coefficient (Wildman–Crippen LogP) is -1.09. The van der Waals surface area contributed by atoms with Crippen LogP contribution in [0.25, 0.3) is 0 Å². The van der Waals surface area contributed by atoms with E-state index in [-0.39, 0.29) is 18.4 Å². The molecule has 0 aromatic heterocycles. The number of carbonyl (C=O) groups is 1. The van der Waals surface area contributed by atoms with Crippen LogP contribution in [0, 0.1) is 0 Å². The van der Waals surface area contributed by atoms with Crippen LogP contribution < -0.4 is 5.32 Å². The zero-order valence-corrected chi connectivity index (χ0v) is 4.55. The molecule has 0 bridgehead atoms. The number of carbonyl (C=O) groups excluding carboxylic acids is 1. The Kier molecular flexibility index (Phi) is 1.60. The molecule has 0 aromatic carbocycles. The normalized spacial score (nSPS) is 26.9. The minimum atomic E-state index is -0.322. The predicted molar refractivity (Wildman–Crippen MR) is 28.5 cm³/mol. The van der Waals surface area contributed by atoms with E-state index in [1.807, 2.05) is 0 Å². The average molecular weight is 115 g/mol. The molecule has 1 saturated heterocycles. The Balaban J connectivity index is 2.24. The summed E-state index contributed by atoms with van der Waals surface area (Å²) in [5.41, 5.74) is 0. The molecule has 0 amide bonds. The SMILES string of the molecule is O=C(CO)C1CCN1. The number of rotatable bonds is 2. The molecule has 1 aliphatic rings. The molecule has 0 saturated carbocycles. The van der Waals surface area contributed by atoms with Crippen molar-refractivity contribution in [2.75, 3.05) is 13.2 Å². The summed E-state index contributed by atoms with van der Waals surface area (Å²) in [6.45, 7) is 0.591. The first kappa shape index (κ1) is 5.72. The lowest BCUT2D eigenvalue weighted by Gasteiger charge is -2.24. The molecule has 1 fully saturated rings. The number of Topliss-reactive ketones (excluding diaryl/α,β-unsaturated/α-hetero) is 1. The van der Waals surface area contributed by atoms with Gasteiger partial charge in [-0.2, -0.15) is 0 Å². The van der Waals surface area contributed by atoms with Crippen molar-refractivity contribution in [2.24, 2.45) is 0 Å². The molecule has 0 radical (unpaired) electrons. The second-order valence-electron chi connectivity index (χ2n) is 1.92. The van der Waals surface area contributed by atoms with Crippen molar-refractivity contribution < 1.29 is 9.90 Å². The van der Waals surface area contributed by atoms with Gasteiger partial charge < -0.3 is 10.4 Å². The molecule has 46 valence electrons. The molecule has 1 aliphatic heterocycles. The summed E-state index contributed by atoms with van der Waals surface area (Å²) in [6.07, 6.45) is 0.888. The summed E-state index contributed by atoms with van der Waals surface area (Å²) in [6, 6.07) is -0.0417. The number of aliphatic hydroxyl groups is 1. The van der Waals surface area contributed by atoms with Crippen LogP contribution in [0.1, 0.15) is 6.42 Å². The third-order valence-electron chi connectivity index (χ3n) is 1.37. The molecule has 3 heteroatoms. The molecule has 1 unspecified atom stereocenters. The molecule has 1 heterocycles. The van der Waals surface area contributed by atoms with Crippen molar-refractivity contribution in [1.29, 1.82) is 0 Å². The molecule has 0 aliphatic carbocycles. The third-order valence-corrected chi connectivity index (χ3v) is 1.37. The van der Waals surface area contributed by atoms with E-state index in [2.05, 4.69) is 5.32 Å². The van der Waals surface area contributed by atoms with Gasteiger partial charge in [-0.15, -0.1) is 0 Å². The molecule has 1 atom stereocenters. The highest BCUT2D eigenvalue weighted by Gasteiger charge is 2.22. The smallest absolute Gasteiger partial charge is 0.175 e. The number of ketones is 1. The van der Waals surface area contributed by atoms with E-state index in [0.717, 1.165) is 13.0 Å². The fourth-order valence-electron chi connectivity index (χ4n) is 0.674. The fraction of sp³-hybridized carbons (Fsp3) is 0.800. The van der Waals surface area contributed by atoms with Crippen molar-refractivity contribution in [3.8, 4) is 0 Å². The maximum Gasteiger partial charge on any atom is 0.175 e. The topological polar surface area (TPSA) is 49.3 Å². The Bertz CT molecular complexity index is 98.6. The van der Waals surface area contributed by atoms with Crippen LogP contribution in [0.2, 0.25) is 0 Å². The Morgan fingerprint density at radius 3 is 2.62 bits per heavy atom. The average Bonchev–Trinajstić information content (AvgIpc) is 1.62. The van der Waals surface area contributed by atoms with Gasteiger partial charge in [0.2, 0.25) is 0 Å². The van der Waals surface area contributed by atoms with Gasteiger partial charge in [-0.3, -0.25) is 4.79 Å². The summed E-state index contributed by atoms with van der Waals surface area (Å²) < 4.78 is 0. The number of hydrogen-bond acceptors (Lipinski definition) is 3. The standard InChI is InChI=1S/C5H9NO2/c7-3-5(8)4-1-2-6-4/h4,6-7H,1-3H2.